The number of rotatable bonds is 0. The molecule has 1 aromatic heterocycles. The first kappa shape index (κ1) is 7.84. The Hall–Kier alpha value is 0.740. The Bertz CT molecular complexity index is 205. The smallest absolute Gasteiger partial charge is 0.115 e. The summed E-state index contributed by atoms with van der Waals surface area (Å²) in [5.74, 6) is 2.05. The summed E-state index contributed by atoms with van der Waals surface area (Å²) in [6, 6.07) is 0. The van der Waals surface area contributed by atoms with Gasteiger partial charge in [-0.05, 0) is 59.0 Å². The highest BCUT2D eigenvalue weighted by atomic mass is 127. The van der Waals surface area contributed by atoms with Gasteiger partial charge < -0.3 is 4.42 Å². The van der Waals surface area contributed by atoms with E-state index in [9.17, 15) is 0 Å². The fourth-order valence-corrected chi connectivity index (χ4v) is 1.61. The Morgan fingerprint density at radius 3 is 1.44 bits per heavy atom. The highest BCUT2D eigenvalue weighted by molar-refractivity contribution is 14.1. The van der Waals surface area contributed by atoms with Crippen LogP contribution in [-0.2, 0) is 0 Å². The van der Waals surface area contributed by atoms with Gasteiger partial charge in [0.05, 0.1) is 7.14 Å². The van der Waals surface area contributed by atoms with E-state index in [1.807, 2.05) is 13.8 Å². The summed E-state index contributed by atoms with van der Waals surface area (Å²) in [7, 11) is 0. The Balaban J connectivity index is 3.29. The van der Waals surface area contributed by atoms with E-state index in [1.165, 1.54) is 7.14 Å². The predicted molar refractivity (Wildman–Crippen MR) is 53.6 cm³/mol. The molecule has 0 aromatic carbocycles. The molecule has 1 rings (SSSR count). The van der Waals surface area contributed by atoms with Gasteiger partial charge in [0.1, 0.15) is 11.5 Å². The summed E-state index contributed by atoms with van der Waals surface area (Å²) >= 11 is 4.58. The molecule has 0 aliphatic rings. The number of halogens is 2. The van der Waals surface area contributed by atoms with Crippen LogP contribution in [0.1, 0.15) is 11.5 Å². The van der Waals surface area contributed by atoms with E-state index >= 15 is 0 Å². The molecule has 0 aliphatic heterocycles. The van der Waals surface area contributed by atoms with Crippen molar-refractivity contribution in [3.63, 3.8) is 0 Å². The van der Waals surface area contributed by atoms with E-state index < -0.39 is 0 Å². The summed E-state index contributed by atoms with van der Waals surface area (Å²) in [4.78, 5) is 0. The molecule has 1 nitrogen and oxygen atoms in total. The molecule has 0 spiro atoms. The zero-order chi connectivity index (χ0) is 7.02. The molecule has 1 heterocycles. The van der Waals surface area contributed by atoms with Gasteiger partial charge >= 0.3 is 0 Å². The van der Waals surface area contributed by atoms with Crippen molar-refractivity contribution >= 4 is 45.2 Å². The molecule has 0 radical (unpaired) electrons. The summed E-state index contributed by atoms with van der Waals surface area (Å²) < 4.78 is 7.81. The zero-order valence-corrected chi connectivity index (χ0v) is 9.48. The van der Waals surface area contributed by atoms with Crippen molar-refractivity contribution in [2.75, 3.05) is 0 Å². The summed E-state index contributed by atoms with van der Waals surface area (Å²) in [6.07, 6.45) is 0. The summed E-state index contributed by atoms with van der Waals surface area (Å²) in [5, 5.41) is 0. The van der Waals surface area contributed by atoms with Gasteiger partial charge in [0.15, 0.2) is 0 Å². The van der Waals surface area contributed by atoms with Crippen LogP contribution < -0.4 is 0 Å². The van der Waals surface area contributed by atoms with E-state index in [0.717, 1.165) is 11.5 Å². The lowest BCUT2D eigenvalue weighted by atomic mass is 10.5. The topological polar surface area (TPSA) is 13.1 Å². The number of aryl methyl sites for hydroxylation is 2. The zero-order valence-electron chi connectivity index (χ0n) is 5.16. The Morgan fingerprint density at radius 2 is 1.33 bits per heavy atom. The third-order valence-electron chi connectivity index (χ3n) is 1.12. The fraction of sp³-hybridized carbons (Fsp3) is 0.333. The first-order valence-electron chi connectivity index (χ1n) is 2.54. The molecule has 0 saturated heterocycles. The van der Waals surface area contributed by atoms with Crippen LogP contribution in [0.4, 0.5) is 0 Å². The van der Waals surface area contributed by atoms with Crippen LogP contribution in [0.25, 0.3) is 0 Å². The second-order valence-corrected chi connectivity index (χ2v) is 4.00. The molecule has 0 fully saturated rings. The monoisotopic (exact) mass is 348 g/mol. The summed E-state index contributed by atoms with van der Waals surface area (Å²) in [5.41, 5.74) is 0. The second kappa shape index (κ2) is 2.77. The maximum Gasteiger partial charge on any atom is 0.115 e. The van der Waals surface area contributed by atoms with Crippen molar-refractivity contribution in [1.82, 2.24) is 0 Å². The molecule has 1 aromatic rings. The molecule has 0 bridgehead atoms. The third-order valence-corrected chi connectivity index (χ3v) is 4.75. The van der Waals surface area contributed by atoms with Crippen LogP contribution in [0, 0.1) is 21.0 Å². The molecule has 50 valence electrons. The highest BCUT2D eigenvalue weighted by Crippen LogP contribution is 2.24. The van der Waals surface area contributed by atoms with Crippen molar-refractivity contribution in [3.8, 4) is 0 Å². The maximum absolute atomic E-state index is 5.33. The van der Waals surface area contributed by atoms with Crippen molar-refractivity contribution in [2.24, 2.45) is 0 Å². The van der Waals surface area contributed by atoms with Crippen molar-refractivity contribution in [1.29, 1.82) is 0 Å². The molecule has 9 heavy (non-hydrogen) atoms. The first-order chi connectivity index (χ1) is 4.13. The Labute approximate surface area is 81.5 Å². The van der Waals surface area contributed by atoms with Crippen molar-refractivity contribution in [3.05, 3.63) is 18.7 Å². The first-order valence-corrected chi connectivity index (χ1v) is 4.69. The molecule has 0 N–H and O–H groups in total. The Kier molecular flexibility index (Phi) is 2.42. The SMILES string of the molecule is Cc1oc(C)c(I)c1I. The molecule has 3 heteroatoms. The minimum atomic E-state index is 1.03. The number of hydrogen-bond acceptors (Lipinski definition) is 1. The lowest BCUT2D eigenvalue weighted by molar-refractivity contribution is 0.501. The van der Waals surface area contributed by atoms with Crippen LogP contribution >= 0.6 is 45.2 Å². The van der Waals surface area contributed by atoms with Crippen LogP contribution in [0.15, 0.2) is 4.42 Å². The van der Waals surface area contributed by atoms with Gasteiger partial charge in [-0.25, -0.2) is 0 Å². The molecule has 0 saturated carbocycles. The van der Waals surface area contributed by atoms with Crippen molar-refractivity contribution < 1.29 is 4.42 Å². The molecular formula is C6H6I2O. The summed E-state index contributed by atoms with van der Waals surface area (Å²) in [6.45, 7) is 3.97. The van der Waals surface area contributed by atoms with Gasteiger partial charge in [0.2, 0.25) is 0 Å². The molecule has 0 aliphatic carbocycles. The minimum Gasteiger partial charge on any atom is -0.464 e. The quantitative estimate of drug-likeness (QED) is 0.657. The van der Waals surface area contributed by atoms with Gasteiger partial charge in [-0.1, -0.05) is 0 Å². The third kappa shape index (κ3) is 1.42. The van der Waals surface area contributed by atoms with E-state index in [4.69, 9.17) is 4.42 Å². The van der Waals surface area contributed by atoms with Crippen LogP contribution in [-0.4, -0.2) is 0 Å². The average molecular weight is 348 g/mol. The molecular weight excluding hydrogens is 342 g/mol. The number of hydrogen-bond donors (Lipinski definition) is 0. The van der Waals surface area contributed by atoms with E-state index in [2.05, 4.69) is 45.2 Å². The van der Waals surface area contributed by atoms with Crippen molar-refractivity contribution in [2.45, 2.75) is 13.8 Å². The predicted octanol–water partition coefficient (Wildman–Crippen LogP) is 3.11. The lowest BCUT2D eigenvalue weighted by Crippen LogP contribution is -1.71. The highest BCUT2D eigenvalue weighted by Gasteiger charge is 2.07. The van der Waals surface area contributed by atoms with E-state index in [1.54, 1.807) is 0 Å². The van der Waals surface area contributed by atoms with Gasteiger partial charge in [0, 0.05) is 0 Å². The van der Waals surface area contributed by atoms with Gasteiger partial charge in [0.25, 0.3) is 0 Å². The van der Waals surface area contributed by atoms with E-state index in [-0.39, 0.29) is 0 Å². The van der Waals surface area contributed by atoms with E-state index in [0.29, 0.717) is 0 Å². The van der Waals surface area contributed by atoms with Gasteiger partial charge in [-0.15, -0.1) is 0 Å². The molecule has 0 atom stereocenters. The normalized spacial score (nSPS) is 10.2. The standard InChI is InChI=1S/C6H6I2O/c1-3-5(7)6(8)4(2)9-3/h1-2H3. The maximum atomic E-state index is 5.33. The Morgan fingerprint density at radius 1 is 1.00 bits per heavy atom. The molecule has 0 unspecified atom stereocenters. The average Bonchev–Trinajstić information content (AvgIpc) is 1.98. The van der Waals surface area contributed by atoms with Crippen LogP contribution in [0.3, 0.4) is 0 Å². The van der Waals surface area contributed by atoms with Crippen LogP contribution in [0.5, 0.6) is 0 Å². The fourth-order valence-electron chi connectivity index (χ4n) is 0.628. The lowest BCUT2D eigenvalue weighted by Gasteiger charge is -1.80. The largest absolute Gasteiger partial charge is 0.464 e. The number of furan rings is 1. The molecule has 0 amide bonds. The van der Waals surface area contributed by atoms with Crippen LogP contribution in [0.2, 0.25) is 0 Å². The van der Waals surface area contributed by atoms with Gasteiger partial charge in [-0.3, -0.25) is 0 Å². The van der Waals surface area contributed by atoms with Gasteiger partial charge in [-0.2, -0.15) is 0 Å². The second-order valence-electron chi connectivity index (χ2n) is 1.84. The minimum absolute atomic E-state index is 1.03.